The summed E-state index contributed by atoms with van der Waals surface area (Å²) in [6, 6.07) is 13.1. The quantitative estimate of drug-likeness (QED) is 0.724. The van der Waals surface area contributed by atoms with Gasteiger partial charge in [-0.1, -0.05) is 24.3 Å². The van der Waals surface area contributed by atoms with Crippen LogP contribution in [0.3, 0.4) is 0 Å². The zero-order chi connectivity index (χ0) is 20.4. The fourth-order valence-corrected chi connectivity index (χ4v) is 2.89. The molecule has 0 bridgehead atoms. The van der Waals surface area contributed by atoms with Crippen molar-refractivity contribution in [3.05, 3.63) is 65.7 Å². The molecular formula is C21H18FN3O4. The average Bonchev–Trinajstić information content (AvgIpc) is 2.72. The van der Waals surface area contributed by atoms with Crippen molar-refractivity contribution < 1.29 is 23.4 Å². The first kappa shape index (κ1) is 18.7. The Kier molecular flexibility index (Phi) is 4.99. The highest BCUT2D eigenvalue weighted by atomic mass is 19.1. The Hall–Kier alpha value is -3.68. The number of amides is 1. The molecule has 0 spiro atoms. The molecule has 1 atom stereocenters. The van der Waals surface area contributed by atoms with Crippen molar-refractivity contribution in [3.63, 3.8) is 0 Å². The SMILES string of the molecule is Cc1nc(Oc2ccccc2F)nc(C)c1NC(=O)C1COc2ccccc2O1. The standard InChI is InChI=1S/C21H18FN3O4/c1-12-19(13(2)24-21(23-12)29-15-8-4-3-7-14(15)22)25-20(26)18-11-27-16-9-5-6-10-17(16)28-18/h3-10,18H,11H2,1-2H3,(H,25,26). The summed E-state index contributed by atoms with van der Waals surface area (Å²) in [6.45, 7) is 3.49. The zero-order valence-corrected chi connectivity index (χ0v) is 15.8. The van der Waals surface area contributed by atoms with Crippen molar-refractivity contribution in [1.29, 1.82) is 0 Å². The van der Waals surface area contributed by atoms with Gasteiger partial charge in [0.15, 0.2) is 23.1 Å². The largest absolute Gasteiger partial charge is 0.485 e. The number of fused-ring (bicyclic) bond motifs is 1. The number of anilines is 1. The van der Waals surface area contributed by atoms with Crippen molar-refractivity contribution in [2.45, 2.75) is 20.0 Å². The molecule has 0 saturated carbocycles. The van der Waals surface area contributed by atoms with Crippen molar-refractivity contribution >= 4 is 11.6 Å². The van der Waals surface area contributed by atoms with E-state index >= 15 is 0 Å². The molecule has 1 N–H and O–H groups in total. The van der Waals surface area contributed by atoms with E-state index in [0.717, 1.165) is 0 Å². The third kappa shape index (κ3) is 3.96. The van der Waals surface area contributed by atoms with Gasteiger partial charge in [0.25, 0.3) is 5.91 Å². The molecule has 29 heavy (non-hydrogen) atoms. The van der Waals surface area contributed by atoms with Gasteiger partial charge < -0.3 is 19.5 Å². The molecule has 4 rings (SSSR count). The highest BCUT2D eigenvalue weighted by Gasteiger charge is 2.28. The van der Waals surface area contributed by atoms with Crippen LogP contribution in [0.4, 0.5) is 10.1 Å². The Morgan fingerprint density at radius 1 is 1.07 bits per heavy atom. The molecule has 7 nitrogen and oxygen atoms in total. The van der Waals surface area contributed by atoms with Crippen LogP contribution in [-0.2, 0) is 4.79 Å². The number of nitrogens with zero attached hydrogens (tertiary/aromatic N) is 2. The molecular weight excluding hydrogens is 377 g/mol. The summed E-state index contributed by atoms with van der Waals surface area (Å²) >= 11 is 0. The van der Waals surface area contributed by atoms with Gasteiger partial charge in [0.1, 0.15) is 6.61 Å². The summed E-state index contributed by atoms with van der Waals surface area (Å²) in [6.07, 6.45) is -0.807. The number of carbonyl (C=O) groups excluding carboxylic acids is 1. The van der Waals surface area contributed by atoms with Gasteiger partial charge in [0.05, 0.1) is 17.1 Å². The summed E-state index contributed by atoms with van der Waals surface area (Å²) in [5.74, 6) is 0.240. The zero-order valence-electron chi connectivity index (χ0n) is 15.8. The maximum absolute atomic E-state index is 13.8. The lowest BCUT2D eigenvalue weighted by Crippen LogP contribution is -2.40. The second kappa shape index (κ2) is 7.75. The molecule has 1 aliphatic rings. The Morgan fingerprint density at radius 3 is 2.45 bits per heavy atom. The van der Waals surface area contributed by atoms with E-state index in [4.69, 9.17) is 14.2 Å². The number of aromatic nitrogens is 2. The van der Waals surface area contributed by atoms with Gasteiger partial charge in [-0.15, -0.1) is 0 Å². The number of nitrogens with one attached hydrogen (secondary N) is 1. The summed E-state index contributed by atoms with van der Waals surface area (Å²) < 4.78 is 30.5. The van der Waals surface area contributed by atoms with E-state index in [1.165, 1.54) is 12.1 Å². The maximum Gasteiger partial charge on any atom is 0.322 e. The molecule has 1 aromatic heterocycles. The number of ether oxygens (including phenoxy) is 3. The Balaban J connectivity index is 1.49. The van der Waals surface area contributed by atoms with Crippen molar-refractivity contribution in [3.8, 4) is 23.3 Å². The minimum absolute atomic E-state index is 0.00530. The fourth-order valence-electron chi connectivity index (χ4n) is 2.89. The third-order valence-corrected chi connectivity index (χ3v) is 4.34. The van der Waals surface area contributed by atoms with Gasteiger partial charge in [0, 0.05) is 0 Å². The number of para-hydroxylation sites is 3. The number of hydrogen-bond donors (Lipinski definition) is 1. The van der Waals surface area contributed by atoms with Crippen LogP contribution >= 0.6 is 0 Å². The number of hydrogen-bond acceptors (Lipinski definition) is 6. The first-order chi connectivity index (χ1) is 14.0. The van der Waals surface area contributed by atoms with Crippen LogP contribution in [0.15, 0.2) is 48.5 Å². The van der Waals surface area contributed by atoms with E-state index in [2.05, 4.69) is 15.3 Å². The lowest BCUT2D eigenvalue weighted by Gasteiger charge is -2.25. The monoisotopic (exact) mass is 395 g/mol. The third-order valence-electron chi connectivity index (χ3n) is 4.34. The maximum atomic E-state index is 13.8. The van der Waals surface area contributed by atoms with Crippen LogP contribution in [0.2, 0.25) is 0 Å². The molecule has 0 saturated heterocycles. The summed E-state index contributed by atoms with van der Waals surface area (Å²) in [5.41, 5.74) is 1.40. The number of aryl methyl sites for hydroxylation is 2. The number of rotatable bonds is 4. The number of benzene rings is 2. The normalized spacial score (nSPS) is 14.9. The average molecular weight is 395 g/mol. The highest BCUT2D eigenvalue weighted by molar-refractivity contribution is 5.95. The van der Waals surface area contributed by atoms with E-state index < -0.39 is 11.9 Å². The molecule has 0 aliphatic carbocycles. The predicted molar refractivity (Wildman–Crippen MR) is 103 cm³/mol. The minimum atomic E-state index is -0.807. The molecule has 1 aliphatic heterocycles. The fraction of sp³-hybridized carbons (Fsp3) is 0.190. The molecule has 8 heteroatoms. The van der Waals surface area contributed by atoms with E-state index in [-0.39, 0.29) is 24.3 Å². The van der Waals surface area contributed by atoms with Crippen molar-refractivity contribution in [1.82, 2.24) is 9.97 Å². The minimum Gasteiger partial charge on any atom is -0.485 e. The lowest BCUT2D eigenvalue weighted by atomic mass is 10.2. The van der Waals surface area contributed by atoms with E-state index in [1.807, 2.05) is 6.07 Å². The Labute approximate surface area is 166 Å². The Morgan fingerprint density at radius 2 is 1.72 bits per heavy atom. The van der Waals surface area contributed by atoms with Crippen LogP contribution in [0.25, 0.3) is 0 Å². The number of carbonyl (C=O) groups is 1. The van der Waals surface area contributed by atoms with Crippen LogP contribution < -0.4 is 19.5 Å². The van der Waals surface area contributed by atoms with Gasteiger partial charge in [0.2, 0.25) is 6.10 Å². The highest BCUT2D eigenvalue weighted by Crippen LogP contribution is 2.31. The first-order valence-corrected chi connectivity index (χ1v) is 8.98. The molecule has 148 valence electrons. The van der Waals surface area contributed by atoms with Gasteiger partial charge in [-0.3, -0.25) is 4.79 Å². The molecule has 2 aromatic carbocycles. The van der Waals surface area contributed by atoms with Crippen molar-refractivity contribution in [2.75, 3.05) is 11.9 Å². The van der Waals surface area contributed by atoms with Crippen molar-refractivity contribution in [2.24, 2.45) is 0 Å². The molecule has 1 amide bonds. The van der Waals surface area contributed by atoms with Gasteiger partial charge in [-0.2, -0.15) is 9.97 Å². The van der Waals surface area contributed by atoms with E-state index in [1.54, 1.807) is 44.2 Å². The van der Waals surface area contributed by atoms with Crippen LogP contribution in [0.5, 0.6) is 23.3 Å². The topological polar surface area (TPSA) is 82.6 Å². The second-order valence-electron chi connectivity index (χ2n) is 6.44. The second-order valence-corrected chi connectivity index (χ2v) is 6.44. The number of halogens is 1. The van der Waals surface area contributed by atoms with Gasteiger partial charge in [-0.05, 0) is 38.1 Å². The predicted octanol–water partition coefficient (Wildman–Crippen LogP) is 3.80. The summed E-state index contributed by atoms with van der Waals surface area (Å²) in [5, 5.41) is 2.78. The van der Waals surface area contributed by atoms with Gasteiger partial charge >= 0.3 is 6.01 Å². The van der Waals surface area contributed by atoms with Crippen LogP contribution in [-0.4, -0.2) is 28.6 Å². The van der Waals surface area contributed by atoms with Gasteiger partial charge in [-0.25, -0.2) is 4.39 Å². The summed E-state index contributed by atoms with van der Waals surface area (Å²) in [7, 11) is 0. The lowest BCUT2D eigenvalue weighted by molar-refractivity contribution is -0.125. The molecule has 3 aromatic rings. The van der Waals surface area contributed by atoms with Crippen LogP contribution in [0.1, 0.15) is 11.4 Å². The Bertz CT molecular complexity index is 1050. The molecule has 2 heterocycles. The molecule has 0 radical (unpaired) electrons. The summed E-state index contributed by atoms with van der Waals surface area (Å²) in [4.78, 5) is 21.1. The van der Waals surface area contributed by atoms with E-state index in [9.17, 15) is 9.18 Å². The first-order valence-electron chi connectivity index (χ1n) is 8.98. The van der Waals surface area contributed by atoms with Crippen LogP contribution in [0, 0.1) is 19.7 Å². The van der Waals surface area contributed by atoms with E-state index in [0.29, 0.717) is 28.6 Å². The smallest absolute Gasteiger partial charge is 0.322 e. The molecule has 1 unspecified atom stereocenters. The molecule has 0 fully saturated rings.